The van der Waals surface area contributed by atoms with E-state index in [1.807, 2.05) is 0 Å². The Morgan fingerprint density at radius 3 is 2.14 bits per heavy atom. The van der Waals surface area contributed by atoms with Crippen molar-refractivity contribution in [2.45, 2.75) is 6.92 Å². The molecule has 0 aliphatic carbocycles. The van der Waals surface area contributed by atoms with Gasteiger partial charge in [-0.15, -0.1) is 0 Å². The molecular formula is C12H12N2O7. The maximum absolute atomic E-state index is 12.2. The maximum atomic E-state index is 12.2. The molecule has 0 saturated carbocycles. The fraction of sp³-hybridized carbons (Fsp3) is 0.250. The van der Waals surface area contributed by atoms with E-state index in [4.69, 9.17) is 10.2 Å². The van der Waals surface area contributed by atoms with Crippen LogP contribution >= 0.6 is 0 Å². The van der Waals surface area contributed by atoms with E-state index in [9.17, 15) is 24.5 Å². The molecule has 1 aromatic carbocycles. The van der Waals surface area contributed by atoms with Crippen molar-refractivity contribution in [3.63, 3.8) is 0 Å². The summed E-state index contributed by atoms with van der Waals surface area (Å²) in [4.78, 5) is 44.2. The third-order valence-corrected chi connectivity index (χ3v) is 2.52. The van der Waals surface area contributed by atoms with Gasteiger partial charge in [0.1, 0.15) is 18.7 Å². The Morgan fingerprint density at radius 1 is 1.19 bits per heavy atom. The summed E-state index contributed by atoms with van der Waals surface area (Å²) in [7, 11) is 0. The molecule has 0 bridgehead atoms. The third-order valence-electron chi connectivity index (χ3n) is 2.52. The Morgan fingerprint density at radius 2 is 1.71 bits per heavy atom. The van der Waals surface area contributed by atoms with Gasteiger partial charge < -0.3 is 15.1 Å². The predicted molar refractivity (Wildman–Crippen MR) is 69.0 cm³/mol. The molecule has 0 unspecified atom stereocenters. The Kier molecular flexibility index (Phi) is 4.95. The standard InChI is InChI=1S/C12H12N2O7/c1-7-2-3-9(14(20)21)8(4-7)12(19)13(5-10(15)16)6-11(17)18/h2-4H,5-6H2,1H3,(H,15,16)(H,17,18). The molecule has 0 aliphatic heterocycles. The van der Waals surface area contributed by atoms with Crippen molar-refractivity contribution < 1.29 is 29.5 Å². The average molecular weight is 296 g/mol. The van der Waals surface area contributed by atoms with Gasteiger partial charge in [0.15, 0.2) is 0 Å². The molecule has 0 aromatic heterocycles. The Hall–Kier alpha value is -2.97. The number of nitro benzene ring substituents is 1. The molecule has 0 fully saturated rings. The van der Waals surface area contributed by atoms with Gasteiger partial charge in [0.05, 0.1) is 4.92 Å². The lowest BCUT2D eigenvalue weighted by molar-refractivity contribution is -0.385. The van der Waals surface area contributed by atoms with Crippen molar-refractivity contribution in [1.29, 1.82) is 0 Å². The number of hydrogen-bond donors (Lipinski definition) is 2. The Balaban J connectivity index is 3.24. The first-order valence-electron chi connectivity index (χ1n) is 5.70. The van der Waals surface area contributed by atoms with Crippen molar-refractivity contribution in [2.24, 2.45) is 0 Å². The number of amides is 1. The lowest BCUT2D eigenvalue weighted by atomic mass is 10.1. The molecule has 1 rings (SSSR count). The zero-order valence-corrected chi connectivity index (χ0v) is 11.0. The molecule has 0 atom stereocenters. The van der Waals surface area contributed by atoms with E-state index in [2.05, 4.69) is 0 Å². The molecule has 0 saturated heterocycles. The summed E-state index contributed by atoms with van der Waals surface area (Å²) in [5, 5.41) is 28.3. The number of nitro groups is 1. The molecule has 1 aromatic rings. The van der Waals surface area contributed by atoms with E-state index in [1.165, 1.54) is 12.1 Å². The van der Waals surface area contributed by atoms with Crippen LogP contribution in [0.2, 0.25) is 0 Å². The molecule has 1 amide bonds. The molecule has 2 N–H and O–H groups in total. The van der Waals surface area contributed by atoms with Crippen LogP contribution in [0.4, 0.5) is 5.69 Å². The van der Waals surface area contributed by atoms with Gasteiger partial charge in [0.2, 0.25) is 0 Å². The number of carbonyl (C=O) groups excluding carboxylic acids is 1. The first kappa shape index (κ1) is 16.1. The smallest absolute Gasteiger partial charge is 0.323 e. The summed E-state index contributed by atoms with van der Waals surface area (Å²) in [5.41, 5.74) is -0.302. The van der Waals surface area contributed by atoms with Crippen LogP contribution in [-0.4, -0.2) is 51.0 Å². The molecular weight excluding hydrogens is 284 g/mol. The quantitative estimate of drug-likeness (QED) is 0.576. The van der Waals surface area contributed by atoms with Gasteiger partial charge in [-0.05, 0) is 18.6 Å². The van der Waals surface area contributed by atoms with Crippen LogP contribution in [-0.2, 0) is 9.59 Å². The van der Waals surface area contributed by atoms with E-state index in [1.54, 1.807) is 6.92 Å². The minimum atomic E-state index is -1.42. The number of aryl methyl sites for hydroxylation is 1. The van der Waals surface area contributed by atoms with Crippen molar-refractivity contribution in [3.8, 4) is 0 Å². The van der Waals surface area contributed by atoms with E-state index < -0.39 is 41.5 Å². The highest BCUT2D eigenvalue weighted by molar-refractivity contribution is 6.00. The molecule has 21 heavy (non-hydrogen) atoms. The number of rotatable bonds is 6. The van der Waals surface area contributed by atoms with Crippen molar-refractivity contribution in [2.75, 3.05) is 13.1 Å². The number of carboxylic acids is 2. The van der Waals surface area contributed by atoms with Crippen LogP contribution in [0.5, 0.6) is 0 Å². The van der Waals surface area contributed by atoms with Gasteiger partial charge in [-0.1, -0.05) is 6.07 Å². The van der Waals surface area contributed by atoms with Crippen molar-refractivity contribution in [1.82, 2.24) is 4.90 Å². The number of hydrogen-bond acceptors (Lipinski definition) is 5. The molecule has 0 heterocycles. The van der Waals surface area contributed by atoms with Crippen LogP contribution in [0.15, 0.2) is 18.2 Å². The fourth-order valence-corrected chi connectivity index (χ4v) is 1.68. The van der Waals surface area contributed by atoms with E-state index >= 15 is 0 Å². The number of carbonyl (C=O) groups is 3. The topological polar surface area (TPSA) is 138 Å². The minimum absolute atomic E-state index is 0.345. The Labute approximate surface area is 118 Å². The van der Waals surface area contributed by atoms with Gasteiger partial charge in [-0.2, -0.15) is 0 Å². The summed E-state index contributed by atoms with van der Waals surface area (Å²) >= 11 is 0. The summed E-state index contributed by atoms with van der Waals surface area (Å²) in [6.07, 6.45) is 0. The molecule has 9 heteroatoms. The van der Waals surface area contributed by atoms with Gasteiger partial charge in [-0.3, -0.25) is 24.5 Å². The summed E-state index contributed by atoms with van der Waals surface area (Å²) in [6, 6.07) is 3.76. The zero-order chi connectivity index (χ0) is 16.2. The lowest BCUT2D eigenvalue weighted by Gasteiger charge is -2.18. The van der Waals surface area contributed by atoms with Crippen LogP contribution < -0.4 is 0 Å². The van der Waals surface area contributed by atoms with E-state index in [-0.39, 0.29) is 5.56 Å². The summed E-state index contributed by atoms with van der Waals surface area (Å²) in [6.45, 7) is -0.133. The van der Waals surface area contributed by atoms with E-state index in [0.29, 0.717) is 10.5 Å². The number of aliphatic carboxylic acids is 2. The summed E-state index contributed by atoms with van der Waals surface area (Å²) in [5.74, 6) is -3.85. The monoisotopic (exact) mass is 296 g/mol. The Bertz CT molecular complexity index is 596. The van der Waals surface area contributed by atoms with Crippen LogP contribution in [0, 0.1) is 17.0 Å². The van der Waals surface area contributed by atoms with Crippen LogP contribution in [0.25, 0.3) is 0 Å². The molecule has 112 valence electrons. The largest absolute Gasteiger partial charge is 0.480 e. The number of nitrogens with zero attached hydrogens (tertiary/aromatic N) is 2. The second-order valence-corrected chi connectivity index (χ2v) is 4.23. The average Bonchev–Trinajstić information content (AvgIpc) is 2.35. The second-order valence-electron chi connectivity index (χ2n) is 4.23. The van der Waals surface area contributed by atoms with Gasteiger partial charge in [-0.25, -0.2) is 0 Å². The van der Waals surface area contributed by atoms with Gasteiger partial charge in [0, 0.05) is 6.07 Å². The first-order valence-corrected chi connectivity index (χ1v) is 5.70. The van der Waals surface area contributed by atoms with Crippen molar-refractivity contribution in [3.05, 3.63) is 39.4 Å². The molecule has 0 radical (unpaired) electrons. The molecule has 9 nitrogen and oxygen atoms in total. The van der Waals surface area contributed by atoms with E-state index in [0.717, 1.165) is 6.07 Å². The SMILES string of the molecule is Cc1ccc([N+](=O)[O-])c(C(=O)N(CC(=O)O)CC(=O)O)c1. The lowest BCUT2D eigenvalue weighted by Crippen LogP contribution is -2.39. The normalized spacial score (nSPS) is 9.95. The highest BCUT2D eigenvalue weighted by Gasteiger charge is 2.27. The van der Waals surface area contributed by atoms with Crippen molar-refractivity contribution >= 4 is 23.5 Å². The minimum Gasteiger partial charge on any atom is -0.480 e. The van der Waals surface area contributed by atoms with Gasteiger partial charge >= 0.3 is 11.9 Å². The molecule has 0 spiro atoms. The number of benzene rings is 1. The summed E-state index contributed by atoms with van der Waals surface area (Å²) < 4.78 is 0. The zero-order valence-electron chi connectivity index (χ0n) is 11.0. The highest BCUT2D eigenvalue weighted by atomic mass is 16.6. The van der Waals surface area contributed by atoms with Gasteiger partial charge in [0.25, 0.3) is 11.6 Å². The van der Waals surface area contributed by atoms with Crippen LogP contribution in [0.3, 0.4) is 0 Å². The third kappa shape index (κ3) is 4.27. The molecule has 0 aliphatic rings. The predicted octanol–water partition coefficient (Wildman–Crippen LogP) is 0.515. The first-order chi connectivity index (χ1) is 9.72. The maximum Gasteiger partial charge on any atom is 0.323 e. The van der Waals surface area contributed by atoms with Crippen LogP contribution in [0.1, 0.15) is 15.9 Å². The fourth-order valence-electron chi connectivity index (χ4n) is 1.68. The highest BCUT2D eigenvalue weighted by Crippen LogP contribution is 2.21. The second kappa shape index (κ2) is 6.46. The number of carboxylic acid groups (broad SMARTS) is 2.